The molecule has 4 nitrogen and oxygen atoms in total. The fraction of sp³-hybridized carbons (Fsp3) is 0.167. The number of hydrogen-bond donors (Lipinski definition) is 1. The standard InChI is InChI=1S/C18H14FNO3S/c19-13-4-3-7-16-12(13)8-17(24-16)18(21)20-9-11-10-22-14-5-1-2-6-15(14)23-11/h1-8,11H,9-10H2,(H,20,21). The summed E-state index contributed by atoms with van der Waals surface area (Å²) in [6.45, 7) is 0.697. The Balaban J connectivity index is 1.42. The summed E-state index contributed by atoms with van der Waals surface area (Å²) < 4.78 is 25.9. The van der Waals surface area contributed by atoms with E-state index in [1.807, 2.05) is 24.3 Å². The number of carbonyl (C=O) groups excluding carboxylic acids is 1. The van der Waals surface area contributed by atoms with E-state index in [4.69, 9.17) is 9.47 Å². The number of rotatable bonds is 3. The summed E-state index contributed by atoms with van der Waals surface area (Å²) in [4.78, 5) is 12.8. The molecule has 1 atom stereocenters. The molecule has 1 amide bonds. The van der Waals surface area contributed by atoms with Crippen molar-refractivity contribution in [2.24, 2.45) is 0 Å². The van der Waals surface area contributed by atoms with Gasteiger partial charge in [-0.3, -0.25) is 4.79 Å². The van der Waals surface area contributed by atoms with Crippen molar-refractivity contribution < 1.29 is 18.7 Å². The minimum Gasteiger partial charge on any atom is -0.486 e. The van der Waals surface area contributed by atoms with Crippen LogP contribution in [0.2, 0.25) is 0 Å². The van der Waals surface area contributed by atoms with E-state index in [1.165, 1.54) is 17.4 Å². The molecule has 6 heteroatoms. The molecule has 3 aromatic rings. The molecule has 4 rings (SSSR count). The lowest BCUT2D eigenvalue weighted by atomic mass is 10.2. The van der Waals surface area contributed by atoms with E-state index in [0.717, 1.165) is 4.70 Å². The molecule has 0 radical (unpaired) electrons. The van der Waals surface area contributed by atoms with Gasteiger partial charge in [-0.05, 0) is 30.3 Å². The molecule has 2 heterocycles. The van der Waals surface area contributed by atoms with E-state index in [-0.39, 0.29) is 17.8 Å². The van der Waals surface area contributed by atoms with Crippen molar-refractivity contribution in [1.82, 2.24) is 5.32 Å². The molecular formula is C18H14FNO3S. The molecule has 0 spiro atoms. The minimum absolute atomic E-state index is 0.238. The van der Waals surface area contributed by atoms with Crippen LogP contribution in [-0.4, -0.2) is 25.2 Å². The van der Waals surface area contributed by atoms with Crippen molar-refractivity contribution in [1.29, 1.82) is 0 Å². The van der Waals surface area contributed by atoms with Crippen molar-refractivity contribution >= 4 is 27.3 Å². The molecule has 1 N–H and O–H groups in total. The van der Waals surface area contributed by atoms with Crippen LogP contribution in [0.15, 0.2) is 48.5 Å². The van der Waals surface area contributed by atoms with Gasteiger partial charge in [-0.1, -0.05) is 18.2 Å². The number of ether oxygens (including phenoxy) is 2. The van der Waals surface area contributed by atoms with Crippen molar-refractivity contribution in [2.75, 3.05) is 13.2 Å². The normalized spacial score (nSPS) is 16.1. The second-order valence-electron chi connectivity index (χ2n) is 5.47. The average Bonchev–Trinajstić information content (AvgIpc) is 3.05. The molecule has 0 bridgehead atoms. The maximum absolute atomic E-state index is 13.7. The van der Waals surface area contributed by atoms with E-state index in [0.29, 0.717) is 34.9 Å². The number of benzene rings is 2. The Labute approximate surface area is 141 Å². The van der Waals surface area contributed by atoms with Gasteiger partial charge in [0.1, 0.15) is 18.5 Å². The predicted octanol–water partition coefficient (Wildman–Crippen LogP) is 3.61. The quantitative estimate of drug-likeness (QED) is 0.790. The maximum Gasteiger partial charge on any atom is 0.261 e. The smallest absolute Gasteiger partial charge is 0.261 e. The largest absolute Gasteiger partial charge is 0.486 e. The number of fused-ring (bicyclic) bond motifs is 2. The van der Waals surface area contributed by atoms with Crippen LogP contribution >= 0.6 is 11.3 Å². The first kappa shape index (κ1) is 15.0. The molecule has 24 heavy (non-hydrogen) atoms. The van der Waals surface area contributed by atoms with Gasteiger partial charge in [-0.2, -0.15) is 0 Å². The average molecular weight is 343 g/mol. The lowest BCUT2D eigenvalue weighted by Gasteiger charge is -2.26. The van der Waals surface area contributed by atoms with Gasteiger partial charge in [-0.25, -0.2) is 4.39 Å². The number of amides is 1. The molecule has 122 valence electrons. The number of para-hydroxylation sites is 2. The number of carbonyl (C=O) groups is 1. The van der Waals surface area contributed by atoms with Crippen LogP contribution in [0.25, 0.3) is 10.1 Å². The van der Waals surface area contributed by atoms with Crippen LogP contribution in [0.1, 0.15) is 9.67 Å². The first-order valence-corrected chi connectivity index (χ1v) is 8.37. The topological polar surface area (TPSA) is 47.6 Å². The summed E-state index contributed by atoms with van der Waals surface area (Å²) >= 11 is 1.27. The summed E-state index contributed by atoms with van der Waals surface area (Å²) in [5, 5.41) is 3.30. The summed E-state index contributed by atoms with van der Waals surface area (Å²) in [5.74, 6) is 0.827. The number of halogens is 1. The summed E-state index contributed by atoms with van der Waals surface area (Å²) in [6, 6.07) is 13.8. The number of thiophene rings is 1. The zero-order valence-electron chi connectivity index (χ0n) is 12.6. The highest BCUT2D eigenvalue weighted by Crippen LogP contribution is 2.31. The van der Waals surface area contributed by atoms with Crippen LogP contribution in [0.4, 0.5) is 4.39 Å². The Morgan fingerprint density at radius 3 is 2.88 bits per heavy atom. The molecule has 2 aromatic carbocycles. The molecule has 0 fully saturated rings. The second kappa shape index (κ2) is 6.13. The van der Waals surface area contributed by atoms with Crippen molar-refractivity contribution in [3.05, 3.63) is 59.2 Å². The van der Waals surface area contributed by atoms with E-state index >= 15 is 0 Å². The lowest BCUT2D eigenvalue weighted by Crippen LogP contribution is -2.40. The van der Waals surface area contributed by atoms with Gasteiger partial charge >= 0.3 is 0 Å². The zero-order valence-corrected chi connectivity index (χ0v) is 13.4. The van der Waals surface area contributed by atoms with Gasteiger partial charge in [0.15, 0.2) is 11.5 Å². The SMILES string of the molecule is O=C(NCC1COc2ccccc2O1)c1cc2c(F)cccc2s1. The van der Waals surface area contributed by atoms with Gasteiger partial charge in [0, 0.05) is 10.1 Å². The fourth-order valence-corrected chi connectivity index (χ4v) is 3.59. The summed E-state index contributed by atoms with van der Waals surface area (Å²) in [6.07, 6.45) is -0.255. The molecular weight excluding hydrogens is 329 g/mol. The van der Waals surface area contributed by atoms with E-state index in [9.17, 15) is 9.18 Å². The fourth-order valence-electron chi connectivity index (χ4n) is 2.59. The van der Waals surface area contributed by atoms with Crippen molar-refractivity contribution in [2.45, 2.75) is 6.10 Å². The van der Waals surface area contributed by atoms with Crippen molar-refractivity contribution in [3.63, 3.8) is 0 Å². The molecule has 1 unspecified atom stereocenters. The van der Waals surface area contributed by atoms with Crippen LogP contribution in [0, 0.1) is 5.82 Å². The van der Waals surface area contributed by atoms with Gasteiger partial charge in [0.25, 0.3) is 5.91 Å². The Bertz CT molecular complexity index is 908. The van der Waals surface area contributed by atoms with Gasteiger partial charge in [0.2, 0.25) is 0 Å². The first-order valence-electron chi connectivity index (χ1n) is 7.55. The van der Waals surface area contributed by atoms with Crippen LogP contribution in [0.3, 0.4) is 0 Å². The minimum atomic E-state index is -0.316. The van der Waals surface area contributed by atoms with E-state index in [1.54, 1.807) is 18.2 Å². The number of hydrogen-bond acceptors (Lipinski definition) is 4. The molecule has 0 aliphatic carbocycles. The molecule has 0 saturated heterocycles. The van der Waals surface area contributed by atoms with Crippen LogP contribution < -0.4 is 14.8 Å². The third kappa shape index (κ3) is 2.80. The lowest BCUT2D eigenvalue weighted by molar-refractivity contribution is 0.0791. The van der Waals surface area contributed by atoms with Gasteiger partial charge in [0.05, 0.1) is 11.4 Å². The highest BCUT2D eigenvalue weighted by atomic mass is 32.1. The zero-order chi connectivity index (χ0) is 16.5. The monoisotopic (exact) mass is 343 g/mol. The number of nitrogens with one attached hydrogen (secondary N) is 1. The molecule has 0 saturated carbocycles. The molecule has 1 aliphatic heterocycles. The van der Waals surface area contributed by atoms with Gasteiger partial charge in [-0.15, -0.1) is 11.3 Å². The highest BCUT2D eigenvalue weighted by Gasteiger charge is 2.21. The maximum atomic E-state index is 13.7. The van der Waals surface area contributed by atoms with Gasteiger partial charge < -0.3 is 14.8 Å². The van der Waals surface area contributed by atoms with E-state index < -0.39 is 0 Å². The Morgan fingerprint density at radius 1 is 1.21 bits per heavy atom. The third-order valence-corrected chi connectivity index (χ3v) is 4.89. The predicted molar refractivity (Wildman–Crippen MR) is 90.5 cm³/mol. The summed E-state index contributed by atoms with van der Waals surface area (Å²) in [7, 11) is 0. The second-order valence-corrected chi connectivity index (χ2v) is 6.55. The Hall–Kier alpha value is -2.60. The first-order chi connectivity index (χ1) is 11.7. The van der Waals surface area contributed by atoms with Crippen molar-refractivity contribution in [3.8, 4) is 11.5 Å². The Morgan fingerprint density at radius 2 is 2.04 bits per heavy atom. The highest BCUT2D eigenvalue weighted by molar-refractivity contribution is 7.20. The molecule has 1 aliphatic rings. The summed E-state index contributed by atoms with van der Waals surface area (Å²) in [5.41, 5.74) is 0. The Kier molecular flexibility index (Phi) is 3.82. The molecule has 1 aromatic heterocycles. The van der Waals surface area contributed by atoms with Crippen LogP contribution in [0.5, 0.6) is 11.5 Å². The van der Waals surface area contributed by atoms with E-state index in [2.05, 4.69) is 5.32 Å². The van der Waals surface area contributed by atoms with Crippen LogP contribution in [-0.2, 0) is 0 Å². The third-order valence-electron chi connectivity index (χ3n) is 3.79.